The predicted molar refractivity (Wildman–Crippen MR) is 144 cm³/mol. The summed E-state index contributed by atoms with van der Waals surface area (Å²) in [4.78, 5) is 11.5. The summed E-state index contributed by atoms with van der Waals surface area (Å²) in [6.07, 6.45) is 4.65. The smallest absolute Gasteiger partial charge is 0.407 e. The number of alkyl carbamates (subject to hydrolysis) is 1. The first-order chi connectivity index (χ1) is 17.7. The first kappa shape index (κ1) is 27.5. The second-order valence-electron chi connectivity index (χ2n) is 9.64. The number of amides is 1. The van der Waals surface area contributed by atoms with Crippen molar-refractivity contribution in [2.24, 2.45) is 19.8 Å². The van der Waals surface area contributed by atoms with Crippen LogP contribution >= 0.6 is 0 Å². The maximum atomic E-state index is 11.5. The van der Waals surface area contributed by atoms with Gasteiger partial charge in [0.25, 0.3) is 0 Å². The molecule has 0 saturated carbocycles. The largest absolute Gasteiger partial charge is 0.444 e. The van der Waals surface area contributed by atoms with E-state index in [2.05, 4.69) is 50.0 Å². The van der Waals surface area contributed by atoms with Gasteiger partial charge in [0.2, 0.25) is 0 Å². The predicted octanol–water partition coefficient (Wildman–Crippen LogP) is 3.53. The highest BCUT2D eigenvalue weighted by Crippen LogP contribution is 2.17. The zero-order valence-electron chi connectivity index (χ0n) is 22.2. The number of nitrogens with one attached hydrogen (secondary N) is 1. The summed E-state index contributed by atoms with van der Waals surface area (Å²) < 4.78 is 8.96. The molecule has 0 unspecified atom stereocenters. The van der Waals surface area contributed by atoms with Crippen molar-refractivity contribution in [1.82, 2.24) is 34.8 Å². The Morgan fingerprint density at radius 1 is 0.838 bits per heavy atom. The standard InChI is InChI=1S/C16H22N4O2.C11H14N4/c1-16(2,3)22-15(21)17-10-9-12-5-7-13(8-6-12)14-19-18-11-20(14)4;1-15-8-13-14-11(15)10-4-2-9(3-5-10)6-7-12/h5-8,11H,9-10H2,1-4H3,(H,17,21);2-5,8H,6-7,12H2,1H3. The molecule has 10 nitrogen and oxygen atoms in total. The number of aryl methyl sites for hydroxylation is 2. The van der Waals surface area contributed by atoms with Gasteiger partial charge in [-0.15, -0.1) is 20.4 Å². The Hall–Kier alpha value is -4.05. The van der Waals surface area contributed by atoms with Crippen molar-refractivity contribution in [2.75, 3.05) is 13.1 Å². The number of carbonyl (C=O) groups is 1. The van der Waals surface area contributed by atoms with E-state index >= 15 is 0 Å². The van der Waals surface area contributed by atoms with Gasteiger partial charge < -0.3 is 24.9 Å². The van der Waals surface area contributed by atoms with E-state index in [4.69, 9.17) is 10.5 Å². The van der Waals surface area contributed by atoms with Gasteiger partial charge in [-0.25, -0.2) is 4.79 Å². The van der Waals surface area contributed by atoms with E-state index < -0.39 is 5.60 Å². The van der Waals surface area contributed by atoms with Crippen LogP contribution in [0.1, 0.15) is 31.9 Å². The second-order valence-corrected chi connectivity index (χ2v) is 9.64. The van der Waals surface area contributed by atoms with Crippen LogP contribution in [0.15, 0.2) is 61.2 Å². The summed E-state index contributed by atoms with van der Waals surface area (Å²) in [5.41, 5.74) is 9.51. The molecule has 0 bridgehead atoms. The summed E-state index contributed by atoms with van der Waals surface area (Å²) in [5.74, 6) is 1.72. The van der Waals surface area contributed by atoms with E-state index in [0.29, 0.717) is 13.1 Å². The third kappa shape index (κ3) is 8.53. The molecular weight excluding hydrogens is 468 g/mol. The number of nitrogens with two attached hydrogens (primary N) is 1. The number of nitrogens with zero attached hydrogens (tertiary/aromatic N) is 6. The third-order valence-electron chi connectivity index (χ3n) is 5.36. The first-order valence-corrected chi connectivity index (χ1v) is 12.2. The van der Waals surface area contributed by atoms with Gasteiger partial charge in [0.05, 0.1) is 0 Å². The Labute approximate surface area is 217 Å². The molecule has 0 saturated heterocycles. The average molecular weight is 505 g/mol. The molecule has 0 radical (unpaired) electrons. The molecule has 0 spiro atoms. The van der Waals surface area contributed by atoms with Crippen molar-refractivity contribution in [3.8, 4) is 22.8 Å². The number of ether oxygens (including phenoxy) is 1. The molecule has 0 atom stereocenters. The van der Waals surface area contributed by atoms with E-state index in [1.54, 1.807) is 12.7 Å². The van der Waals surface area contributed by atoms with Crippen LogP contribution in [0.4, 0.5) is 4.79 Å². The number of hydrogen-bond acceptors (Lipinski definition) is 7. The zero-order chi connectivity index (χ0) is 26.8. The lowest BCUT2D eigenvalue weighted by Crippen LogP contribution is -2.33. The van der Waals surface area contributed by atoms with Crippen LogP contribution in [0.3, 0.4) is 0 Å². The molecule has 0 aliphatic heterocycles. The molecule has 3 N–H and O–H groups in total. The SMILES string of the molecule is Cn1cnnc1-c1ccc(CCN)cc1.Cn1cnnc1-c1ccc(CCNC(=O)OC(C)(C)C)cc1. The molecule has 0 aliphatic carbocycles. The number of aromatic nitrogens is 6. The molecular formula is C27H36N8O2. The van der Waals surface area contributed by atoms with Crippen LogP contribution in [0.2, 0.25) is 0 Å². The van der Waals surface area contributed by atoms with Crippen molar-refractivity contribution in [2.45, 2.75) is 39.2 Å². The molecule has 0 fully saturated rings. The summed E-state index contributed by atoms with van der Waals surface area (Å²) in [6.45, 7) is 6.76. The number of carbonyl (C=O) groups excluding carboxylic acids is 1. The third-order valence-corrected chi connectivity index (χ3v) is 5.36. The molecule has 10 heteroatoms. The molecule has 37 heavy (non-hydrogen) atoms. The topological polar surface area (TPSA) is 126 Å². The zero-order valence-corrected chi connectivity index (χ0v) is 22.2. The molecule has 1 amide bonds. The van der Waals surface area contributed by atoms with Crippen LogP contribution in [0.5, 0.6) is 0 Å². The van der Waals surface area contributed by atoms with Gasteiger partial charge in [-0.2, -0.15) is 0 Å². The van der Waals surface area contributed by atoms with Gasteiger partial charge in [0.1, 0.15) is 18.3 Å². The van der Waals surface area contributed by atoms with Gasteiger partial charge in [-0.1, -0.05) is 48.5 Å². The maximum absolute atomic E-state index is 11.5. The van der Waals surface area contributed by atoms with Gasteiger partial charge >= 0.3 is 6.09 Å². The van der Waals surface area contributed by atoms with Crippen LogP contribution in [0.25, 0.3) is 22.8 Å². The quantitative estimate of drug-likeness (QED) is 0.394. The van der Waals surface area contributed by atoms with Crippen LogP contribution < -0.4 is 11.1 Å². The first-order valence-electron chi connectivity index (χ1n) is 12.2. The summed E-state index contributed by atoms with van der Waals surface area (Å²) in [6, 6.07) is 16.3. The van der Waals surface area contributed by atoms with E-state index in [-0.39, 0.29) is 6.09 Å². The van der Waals surface area contributed by atoms with E-state index in [9.17, 15) is 4.79 Å². The minimum Gasteiger partial charge on any atom is -0.444 e. The molecule has 196 valence electrons. The molecule has 2 aromatic carbocycles. The summed E-state index contributed by atoms with van der Waals surface area (Å²) in [7, 11) is 3.84. The fourth-order valence-corrected chi connectivity index (χ4v) is 3.52. The summed E-state index contributed by atoms with van der Waals surface area (Å²) >= 11 is 0. The fourth-order valence-electron chi connectivity index (χ4n) is 3.52. The Morgan fingerprint density at radius 2 is 1.30 bits per heavy atom. The molecule has 0 aliphatic rings. The highest BCUT2D eigenvalue weighted by molar-refractivity contribution is 5.67. The van der Waals surface area contributed by atoms with E-state index in [1.165, 1.54) is 5.56 Å². The minimum absolute atomic E-state index is 0.386. The van der Waals surface area contributed by atoms with Gasteiger partial charge in [-0.3, -0.25) is 0 Å². The number of benzene rings is 2. The van der Waals surface area contributed by atoms with E-state index in [0.717, 1.165) is 41.2 Å². The van der Waals surface area contributed by atoms with Crippen molar-refractivity contribution < 1.29 is 9.53 Å². The Bertz CT molecular complexity index is 1250. The van der Waals surface area contributed by atoms with Crippen molar-refractivity contribution >= 4 is 6.09 Å². The average Bonchev–Trinajstić information content (AvgIpc) is 3.47. The van der Waals surface area contributed by atoms with Crippen molar-refractivity contribution in [3.63, 3.8) is 0 Å². The Kier molecular flexibility index (Phi) is 9.51. The van der Waals surface area contributed by atoms with Crippen LogP contribution in [-0.2, 0) is 31.7 Å². The highest BCUT2D eigenvalue weighted by Gasteiger charge is 2.15. The van der Waals surface area contributed by atoms with Gasteiger partial charge in [0, 0.05) is 31.8 Å². The number of hydrogen-bond donors (Lipinski definition) is 2. The second kappa shape index (κ2) is 12.8. The Balaban J connectivity index is 0.000000220. The number of rotatable bonds is 7. The van der Waals surface area contributed by atoms with Crippen molar-refractivity contribution in [3.05, 3.63) is 72.3 Å². The maximum Gasteiger partial charge on any atom is 0.407 e. The molecule has 2 heterocycles. The van der Waals surface area contributed by atoms with Crippen LogP contribution in [-0.4, -0.2) is 54.3 Å². The molecule has 4 rings (SSSR count). The highest BCUT2D eigenvalue weighted by atomic mass is 16.6. The van der Waals surface area contributed by atoms with Gasteiger partial charge in [-0.05, 0) is 51.3 Å². The minimum atomic E-state index is -0.470. The lowest BCUT2D eigenvalue weighted by atomic mass is 10.1. The van der Waals surface area contributed by atoms with Crippen molar-refractivity contribution in [1.29, 1.82) is 0 Å². The van der Waals surface area contributed by atoms with Crippen LogP contribution in [0, 0.1) is 0 Å². The lowest BCUT2D eigenvalue weighted by Gasteiger charge is -2.19. The fraction of sp³-hybridized carbons (Fsp3) is 0.370. The Morgan fingerprint density at radius 3 is 1.68 bits per heavy atom. The van der Waals surface area contributed by atoms with Gasteiger partial charge in [0.15, 0.2) is 11.6 Å². The lowest BCUT2D eigenvalue weighted by molar-refractivity contribution is 0.0528. The molecule has 2 aromatic heterocycles. The van der Waals surface area contributed by atoms with E-state index in [1.807, 2.05) is 68.3 Å². The molecule has 4 aromatic rings. The summed E-state index contributed by atoms with van der Waals surface area (Å²) in [5, 5.41) is 18.6. The monoisotopic (exact) mass is 504 g/mol. The normalized spacial score (nSPS) is 11.0.